The number of allylic oxidation sites excluding steroid dienone is 1. The summed E-state index contributed by atoms with van der Waals surface area (Å²) < 4.78 is 12.1. The number of rotatable bonds is 11. The van der Waals surface area contributed by atoms with E-state index in [-0.39, 0.29) is 46.2 Å². The van der Waals surface area contributed by atoms with Gasteiger partial charge in [-0.2, -0.15) is 0 Å². The Morgan fingerprint density at radius 1 is 1.19 bits per heavy atom. The number of nitrogens with one attached hydrogen (secondary N) is 1. The average molecular weight is 481 g/mol. The third kappa shape index (κ3) is 5.98. The monoisotopic (exact) mass is 480 g/mol. The highest BCUT2D eigenvalue weighted by molar-refractivity contribution is 7.99. The number of thioether (sulfide) groups is 1. The van der Waals surface area contributed by atoms with Crippen LogP contribution in [0.1, 0.15) is 65.0 Å². The number of esters is 2. The molecule has 1 N–H and O–H groups in total. The van der Waals surface area contributed by atoms with Gasteiger partial charge in [-0.15, -0.1) is 28.1 Å². The minimum absolute atomic E-state index is 0.0430. The Kier molecular flexibility index (Phi) is 9.45. The maximum atomic E-state index is 12.7. The second-order valence-electron chi connectivity index (χ2n) is 6.93. The molecule has 2 heterocycles. The molecule has 0 fully saturated rings. The molecular weight excluding hydrogens is 452 g/mol. The standard InChI is InChI=1S/C21H28N4O5S2/c1-7-10-25-17(12(4)5)23-24-21(25)31-11-14(26)22-18-15(19(27)29-8-2)13(6)16(32-18)20(28)30-9-3/h7,12H,1,8-11H2,2-6H3,(H,22,26). The molecule has 0 aromatic carbocycles. The Balaban J connectivity index is 2.22. The van der Waals surface area contributed by atoms with Gasteiger partial charge in [-0.05, 0) is 26.3 Å². The number of anilines is 1. The molecule has 32 heavy (non-hydrogen) atoms. The number of amides is 1. The zero-order chi connectivity index (χ0) is 23.8. The number of thiophene rings is 1. The van der Waals surface area contributed by atoms with Gasteiger partial charge in [0.25, 0.3) is 0 Å². The summed E-state index contributed by atoms with van der Waals surface area (Å²) in [6.45, 7) is 13.7. The number of nitrogens with zero attached hydrogens (tertiary/aromatic N) is 3. The van der Waals surface area contributed by atoms with Crippen molar-refractivity contribution in [3.8, 4) is 0 Å². The van der Waals surface area contributed by atoms with Crippen LogP contribution in [-0.4, -0.2) is 51.6 Å². The SMILES string of the molecule is C=CCn1c(SCC(=O)Nc2sc(C(=O)OCC)c(C)c2C(=O)OCC)nnc1C(C)C. The Morgan fingerprint density at radius 3 is 2.44 bits per heavy atom. The van der Waals surface area contributed by atoms with E-state index in [2.05, 4.69) is 22.1 Å². The van der Waals surface area contributed by atoms with E-state index in [0.29, 0.717) is 17.3 Å². The lowest BCUT2D eigenvalue weighted by Gasteiger charge is -2.10. The third-order valence-electron chi connectivity index (χ3n) is 4.25. The predicted octanol–water partition coefficient (Wildman–Crippen LogP) is 4.04. The van der Waals surface area contributed by atoms with Gasteiger partial charge < -0.3 is 19.4 Å². The summed E-state index contributed by atoms with van der Waals surface area (Å²) in [6, 6.07) is 0. The number of hydrogen-bond acceptors (Lipinski definition) is 9. The van der Waals surface area contributed by atoms with E-state index in [1.54, 1.807) is 26.8 Å². The largest absolute Gasteiger partial charge is 0.462 e. The summed E-state index contributed by atoms with van der Waals surface area (Å²) >= 11 is 2.22. The van der Waals surface area contributed by atoms with Crippen LogP contribution in [0.2, 0.25) is 0 Å². The van der Waals surface area contributed by atoms with Crippen LogP contribution in [0.4, 0.5) is 5.00 Å². The first-order valence-corrected chi connectivity index (χ1v) is 12.0. The van der Waals surface area contributed by atoms with E-state index < -0.39 is 11.9 Å². The number of carbonyl (C=O) groups excluding carboxylic acids is 3. The van der Waals surface area contributed by atoms with Gasteiger partial charge in [0, 0.05) is 12.5 Å². The van der Waals surface area contributed by atoms with Gasteiger partial charge >= 0.3 is 11.9 Å². The first-order chi connectivity index (χ1) is 15.2. The Bertz CT molecular complexity index is 997. The Morgan fingerprint density at radius 2 is 1.84 bits per heavy atom. The van der Waals surface area contributed by atoms with E-state index >= 15 is 0 Å². The molecule has 0 aliphatic heterocycles. The number of carbonyl (C=O) groups is 3. The fourth-order valence-corrected chi connectivity index (χ4v) is 4.73. The van der Waals surface area contributed by atoms with E-state index in [0.717, 1.165) is 17.2 Å². The van der Waals surface area contributed by atoms with Gasteiger partial charge in [-0.1, -0.05) is 31.7 Å². The van der Waals surface area contributed by atoms with Crippen molar-refractivity contribution in [2.24, 2.45) is 0 Å². The molecule has 1 amide bonds. The molecule has 0 spiro atoms. The van der Waals surface area contributed by atoms with Gasteiger partial charge in [-0.25, -0.2) is 9.59 Å². The fourth-order valence-electron chi connectivity index (χ4n) is 2.87. The van der Waals surface area contributed by atoms with E-state index in [1.165, 1.54) is 11.8 Å². The third-order valence-corrected chi connectivity index (χ3v) is 6.40. The minimum Gasteiger partial charge on any atom is -0.462 e. The first kappa shape index (κ1) is 25.6. The highest BCUT2D eigenvalue weighted by Gasteiger charge is 2.27. The van der Waals surface area contributed by atoms with Crippen LogP contribution in [0.25, 0.3) is 0 Å². The molecule has 2 aromatic rings. The van der Waals surface area contributed by atoms with Crippen LogP contribution < -0.4 is 5.32 Å². The summed E-state index contributed by atoms with van der Waals surface area (Å²) in [7, 11) is 0. The van der Waals surface area contributed by atoms with Gasteiger partial charge in [0.2, 0.25) is 5.91 Å². The van der Waals surface area contributed by atoms with Crippen LogP contribution >= 0.6 is 23.1 Å². The zero-order valence-corrected chi connectivity index (χ0v) is 20.5. The van der Waals surface area contributed by atoms with E-state index in [9.17, 15) is 14.4 Å². The van der Waals surface area contributed by atoms with Crippen LogP contribution in [0.5, 0.6) is 0 Å². The smallest absolute Gasteiger partial charge is 0.348 e. The summed E-state index contributed by atoms with van der Waals surface area (Å²) in [5.41, 5.74) is 0.581. The molecule has 11 heteroatoms. The van der Waals surface area contributed by atoms with Crippen molar-refractivity contribution >= 4 is 45.9 Å². The van der Waals surface area contributed by atoms with Gasteiger partial charge in [-0.3, -0.25) is 4.79 Å². The number of hydrogen-bond donors (Lipinski definition) is 1. The van der Waals surface area contributed by atoms with Crippen molar-refractivity contribution in [2.45, 2.75) is 52.2 Å². The summed E-state index contributed by atoms with van der Waals surface area (Å²) in [6.07, 6.45) is 1.75. The normalized spacial score (nSPS) is 10.8. The Labute approximate surface area is 195 Å². The molecule has 0 radical (unpaired) electrons. The predicted molar refractivity (Wildman–Crippen MR) is 125 cm³/mol. The maximum absolute atomic E-state index is 12.7. The lowest BCUT2D eigenvalue weighted by atomic mass is 10.1. The first-order valence-electron chi connectivity index (χ1n) is 10.2. The quantitative estimate of drug-likeness (QED) is 0.291. The van der Waals surface area contributed by atoms with Gasteiger partial charge in [0.05, 0.1) is 24.5 Å². The van der Waals surface area contributed by atoms with Gasteiger partial charge in [0.15, 0.2) is 5.16 Å². The molecule has 0 bridgehead atoms. The lowest BCUT2D eigenvalue weighted by molar-refractivity contribution is -0.113. The molecular formula is C21H28N4O5S2. The topological polar surface area (TPSA) is 112 Å². The van der Waals surface area contributed by atoms with Crippen LogP contribution in [0.3, 0.4) is 0 Å². The van der Waals surface area contributed by atoms with Crippen molar-refractivity contribution < 1.29 is 23.9 Å². The molecule has 0 aliphatic carbocycles. The molecule has 0 aliphatic rings. The summed E-state index contributed by atoms with van der Waals surface area (Å²) in [4.78, 5) is 37.7. The van der Waals surface area contributed by atoms with E-state index in [1.807, 2.05) is 18.4 Å². The molecule has 0 saturated heterocycles. The molecule has 174 valence electrons. The Hall–Kier alpha value is -2.66. The fraction of sp³-hybridized carbons (Fsp3) is 0.476. The highest BCUT2D eigenvalue weighted by Crippen LogP contribution is 2.34. The van der Waals surface area contributed by atoms with Crippen molar-refractivity contribution in [1.29, 1.82) is 0 Å². The molecule has 9 nitrogen and oxygen atoms in total. The number of ether oxygens (including phenoxy) is 2. The molecule has 0 atom stereocenters. The van der Waals surface area contributed by atoms with Crippen LogP contribution in [0, 0.1) is 6.92 Å². The van der Waals surface area contributed by atoms with Crippen molar-refractivity contribution in [3.63, 3.8) is 0 Å². The average Bonchev–Trinajstić information content (AvgIpc) is 3.28. The molecule has 2 aromatic heterocycles. The summed E-state index contributed by atoms with van der Waals surface area (Å²) in [5.74, 6) is -0.474. The molecule has 0 saturated carbocycles. The molecule has 0 unspecified atom stereocenters. The van der Waals surface area contributed by atoms with Crippen molar-refractivity contribution in [2.75, 3.05) is 24.3 Å². The summed E-state index contributed by atoms with van der Waals surface area (Å²) in [5, 5.41) is 12.0. The van der Waals surface area contributed by atoms with Gasteiger partial charge in [0.1, 0.15) is 15.7 Å². The molecule has 2 rings (SSSR count). The number of aromatic nitrogens is 3. The van der Waals surface area contributed by atoms with Crippen LogP contribution in [-0.2, 0) is 20.8 Å². The van der Waals surface area contributed by atoms with Crippen molar-refractivity contribution in [1.82, 2.24) is 14.8 Å². The van der Waals surface area contributed by atoms with Crippen LogP contribution in [0.15, 0.2) is 17.8 Å². The second kappa shape index (κ2) is 11.8. The minimum atomic E-state index is -0.605. The van der Waals surface area contributed by atoms with Crippen molar-refractivity contribution in [3.05, 3.63) is 34.5 Å². The lowest BCUT2D eigenvalue weighted by Crippen LogP contribution is -2.17. The highest BCUT2D eigenvalue weighted by atomic mass is 32.2. The zero-order valence-electron chi connectivity index (χ0n) is 18.9. The second-order valence-corrected chi connectivity index (χ2v) is 8.90. The maximum Gasteiger partial charge on any atom is 0.348 e. The van der Waals surface area contributed by atoms with E-state index in [4.69, 9.17) is 9.47 Å².